The fourth-order valence-corrected chi connectivity index (χ4v) is 3.19. The van der Waals surface area contributed by atoms with Gasteiger partial charge in [-0.2, -0.15) is 0 Å². The van der Waals surface area contributed by atoms with Crippen LogP contribution in [0.3, 0.4) is 0 Å². The molecule has 3 rings (SSSR count). The SMILES string of the molecule is CC(C)(C)NC(=O)NC(=O)CN1C(=O)N[C@](C)(c2ccc3c(c2)OCCCO3)C1=O. The number of nitrogens with one attached hydrogen (secondary N) is 3. The number of imide groups is 2. The van der Waals surface area contributed by atoms with Gasteiger partial charge in [0.1, 0.15) is 12.1 Å². The summed E-state index contributed by atoms with van der Waals surface area (Å²) < 4.78 is 11.3. The fraction of sp³-hybridized carbons (Fsp3) is 0.500. The summed E-state index contributed by atoms with van der Waals surface area (Å²) in [5, 5.41) is 7.32. The monoisotopic (exact) mass is 418 g/mol. The molecular weight excluding hydrogens is 392 g/mol. The minimum Gasteiger partial charge on any atom is -0.490 e. The summed E-state index contributed by atoms with van der Waals surface area (Å²) in [4.78, 5) is 50.2. The third-order valence-electron chi connectivity index (χ3n) is 4.64. The molecule has 2 heterocycles. The molecule has 0 spiro atoms. The van der Waals surface area contributed by atoms with E-state index >= 15 is 0 Å². The van der Waals surface area contributed by atoms with Crippen LogP contribution in [0.2, 0.25) is 0 Å². The Labute approximate surface area is 174 Å². The van der Waals surface area contributed by atoms with Gasteiger partial charge < -0.3 is 20.1 Å². The van der Waals surface area contributed by atoms with E-state index in [1.807, 2.05) is 0 Å². The third kappa shape index (κ3) is 4.47. The molecule has 10 nitrogen and oxygen atoms in total. The van der Waals surface area contributed by atoms with Gasteiger partial charge in [-0.3, -0.25) is 19.8 Å². The van der Waals surface area contributed by atoms with Gasteiger partial charge in [0.05, 0.1) is 13.2 Å². The number of ether oxygens (including phenoxy) is 2. The van der Waals surface area contributed by atoms with Crippen LogP contribution in [0.15, 0.2) is 18.2 Å². The van der Waals surface area contributed by atoms with Crippen molar-refractivity contribution in [1.82, 2.24) is 20.9 Å². The van der Waals surface area contributed by atoms with E-state index < -0.39 is 41.5 Å². The van der Waals surface area contributed by atoms with Crippen molar-refractivity contribution in [1.29, 1.82) is 0 Å². The lowest BCUT2D eigenvalue weighted by atomic mass is 9.91. The molecule has 10 heteroatoms. The molecule has 0 radical (unpaired) electrons. The Morgan fingerprint density at radius 3 is 2.50 bits per heavy atom. The second kappa shape index (κ2) is 7.85. The van der Waals surface area contributed by atoms with Crippen LogP contribution in [0.25, 0.3) is 0 Å². The number of hydrogen-bond acceptors (Lipinski definition) is 6. The molecule has 0 saturated carbocycles. The summed E-state index contributed by atoms with van der Waals surface area (Å²) in [5.74, 6) is -0.322. The first-order valence-corrected chi connectivity index (χ1v) is 9.66. The number of carbonyl (C=O) groups is 4. The molecule has 0 aromatic heterocycles. The van der Waals surface area contributed by atoms with E-state index in [2.05, 4.69) is 16.0 Å². The van der Waals surface area contributed by atoms with Crippen LogP contribution in [0, 0.1) is 0 Å². The zero-order chi connectivity index (χ0) is 22.1. The second-order valence-electron chi connectivity index (χ2n) is 8.41. The highest BCUT2D eigenvalue weighted by atomic mass is 16.5. The maximum atomic E-state index is 13.0. The summed E-state index contributed by atoms with van der Waals surface area (Å²) in [5.41, 5.74) is -1.42. The second-order valence-corrected chi connectivity index (χ2v) is 8.41. The lowest BCUT2D eigenvalue weighted by molar-refractivity contribution is -0.134. The summed E-state index contributed by atoms with van der Waals surface area (Å²) in [7, 11) is 0. The topological polar surface area (TPSA) is 126 Å². The first-order chi connectivity index (χ1) is 14.0. The third-order valence-corrected chi connectivity index (χ3v) is 4.64. The van der Waals surface area contributed by atoms with Crippen molar-refractivity contribution >= 4 is 23.9 Å². The largest absolute Gasteiger partial charge is 0.490 e. The van der Waals surface area contributed by atoms with Gasteiger partial charge in [0.25, 0.3) is 5.91 Å². The van der Waals surface area contributed by atoms with Crippen molar-refractivity contribution in [2.24, 2.45) is 0 Å². The molecule has 3 N–H and O–H groups in total. The fourth-order valence-electron chi connectivity index (χ4n) is 3.19. The number of amides is 6. The number of fused-ring (bicyclic) bond motifs is 1. The number of hydrogen-bond donors (Lipinski definition) is 3. The Kier molecular flexibility index (Phi) is 5.60. The Balaban J connectivity index is 1.73. The van der Waals surface area contributed by atoms with Crippen molar-refractivity contribution < 1.29 is 28.7 Å². The minimum absolute atomic E-state index is 0.483. The summed E-state index contributed by atoms with van der Waals surface area (Å²) >= 11 is 0. The quantitative estimate of drug-likeness (QED) is 0.634. The van der Waals surface area contributed by atoms with Crippen molar-refractivity contribution in [2.75, 3.05) is 19.8 Å². The van der Waals surface area contributed by atoms with Crippen molar-refractivity contribution in [2.45, 2.75) is 45.2 Å². The van der Waals surface area contributed by atoms with Gasteiger partial charge in [0.15, 0.2) is 11.5 Å². The predicted octanol–water partition coefficient (Wildman–Crippen LogP) is 1.24. The van der Waals surface area contributed by atoms with E-state index in [0.29, 0.717) is 30.3 Å². The van der Waals surface area contributed by atoms with Crippen LogP contribution in [-0.2, 0) is 15.1 Å². The lowest BCUT2D eigenvalue weighted by Gasteiger charge is -2.23. The zero-order valence-electron chi connectivity index (χ0n) is 17.5. The number of carbonyl (C=O) groups excluding carboxylic acids is 4. The Morgan fingerprint density at radius 1 is 1.17 bits per heavy atom. The number of rotatable bonds is 3. The van der Waals surface area contributed by atoms with E-state index in [4.69, 9.17) is 9.47 Å². The summed E-state index contributed by atoms with van der Waals surface area (Å²) in [6.45, 7) is 7.26. The average Bonchev–Trinajstić information content (AvgIpc) is 2.81. The van der Waals surface area contributed by atoms with Gasteiger partial charge in [-0.25, -0.2) is 9.59 Å². The summed E-state index contributed by atoms with van der Waals surface area (Å²) in [6.07, 6.45) is 0.739. The maximum absolute atomic E-state index is 13.0. The van der Waals surface area contributed by atoms with Crippen LogP contribution in [0.5, 0.6) is 11.5 Å². The highest BCUT2D eigenvalue weighted by Crippen LogP contribution is 2.36. The Morgan fingerprint density at radius 2 is 1.83 bits per heavy atom. The predicted molar refractivity (Wildman–Crippen MR) is 106 cm³/mol. The molecule has 1 aromatic carbocycles. The molecule has 162 valence electrons. The maximum Gasteiger partial charge on any atom is 0.325 e. The molecule has 2 aliphatic rings. The van der Waals surface area contributed by atoms with E-state index in [1.54, 1.807) is 45.9 Å². The summed E-state index contributed by atoms with van der Waals surface area (Å²) in [6, 6.07) is 3.59. The number of urea groups is 2. The van der Waals surface area contributed by atoms with Gasteiger partial charge in [-0.15, -0.1) is 0 Å². The van der Waals surface area contributed by atoms with Crippen LogP contribution in [0.4, 0.5) is 9.59 Å². The lowest BCUT2D eigenvalue weighted by Crippen LogP contribution is -2.51. The van der Waals surface area contributed by atoms with E-state index in [0.717, 1.165) is 11.3 Å². The smallest absolute Gasteiger partial charge is 0.325 e. The van der Waals surface area contributed by atoms with Gasteiger partial charge in [-0.05, 0) is 45.4 Å². The molecule has 1 aromatic rings. The standard InChI is InChI=1S/C20H26N4O6/c1-19(2,3)22-17(27)21-15(25)11-24-16(26)20(4,23-18(24)28)12-6-7-13-14(10-12)30-9-5-8-29-13/h6-7,10H,5,8-9,11H2,1-4H3,(H,23,28)(H2,21,22,25,27)/t20-/m1/s1. The molecule has 30 heavy (non-hydrogen) atoms. The van der Waals surface area contributed by atoms with Crippen molar-refractivity contribution in [3.05, 3.63) is 23.8 Å². The van der Waals surface area contributed by atoms with Crippen molar-refractivity contribution in [3.8, 4) is 11.5 Å². The minimum atomic E-state index is -1.38. The molecule has 2 aliphatic heterocycles. The molecule has 1 atom stereocenters. The van der Waals surface area contributed by atoms with E-state index in [-0.39, 0.29) is 0 Å². The van der Waals surface area contributed by atoms with Crippen molar-refractivity contribution in [3.63, 3.8) is 0 Å². The van der Waals surface area contributed by atoms with Crippen LogP contribution < -0.4 is 25.4 Å². The Hall–Kier alpha value is -3.30. The molecule has 1 fully saturated rings. The van der Waals surface area contributed by atoms with Crippen LogP contribution in [0.1, 0.15) is 39.7 Å². The van der Waals surface area contributed by atoms with Gasteiger partial charge in [0, 0.05) is 12.0 Å². The molecule has 1 saturated heterocycles. The van der Waals surface area contributed by atoms with Crippen LogP contribution in [-0.4, -0.2) is 54.1 Å². The van der Waals surface area contributed by atoms with Crippen LogP contribution >= 0.6 is 0 Å². The van der Waals surface area contributed by atoms with Gasteiger partial charge in [-0.1, -0.05) is 6.07 Å². The molecular formula is C20H26N4O6. The van der Waals surface area contributed by atoms with Gasteiger partial charge in [0.2, 0.25) is 5.91 Å². The highest BCUT2D eigenvalue weighted by molar-refractivity contribution is 6.10. The Bertz CT molecular complexity index is 894. The zero-order valence-corrected chi connectivity index (χ0v) is 17.5. The van der Waals surface area contributed by atoms with Gasteiger partial charge >= 0.3 is 12.1 Å². The molecule has 6 amide bonds. The van der Waals surface area contributed by atoms with E-state index in [9.17, 15) is 19.2 Å². The van der Waals surface area contributed by atoms with E-state index in [1.165, 1.54) is 0 Å². The average molecular weight is 418 g/mol. The first-order valence-electron chi connectivity index (χ1n) is 9.66. The molecule has 0 aliphatic carbocycles. The normalized spacial score (nSPS) is 21.0. The molecule has 0 bridgehead atoms. The number of nitrogens with zero attached hydrogens (tertiary/aromatic N) is 1. The number of benzene rings is 1. The first kappa shape index (κ1) is 21.4. The molecule has 0 unspecified atom stereocenters. The highest BCUT2D eigenvalue weighted by Gasteiger charge is 2.49.